The summed E-state index contributed by atoms with van der Waals surface area (Å²) in [5, 5.41) is 7.58. The van der Waals surface area contributed by atoms with E-state index in [2.05, 4.69) is 33.1 Å². The summed E-state index contributed by atoms with van der Waals surface area (Å²) in [5.74, 6) is 0. The predicted octanol–water partition coefficient (Wildman–Crippen LogP) is 0.869. The van der Waals surface area contributed by atoms with Gasteiger partial charge in [0.1, 0.15) is 0 Å². The molecule has 1 unspecified atom stereocenters. The van der Waals surface area contributed by atoms with Gasteiger partial charge in [-0.1, -0.05) is 6.92 Å². The van der Waals surface area contributed by atoms with Crippen molar-refractivity contribution in [2.45, 2.75) is 25.9 Å². The maximum atomic E-state index is 4.44. The van der Waals surface area contributed by atoms with Crippen molar-refractivity contribution in [3.05, 3.63) is 18.0 Å². The van der Waals surface area contributed by atoms with E-state index >= 15 is 0 Å². The third-order valence-electron chi connectivity index (χ3n) is 3.10. The van der Waals surface area contributed by atoms with Gasteiger partial charge in [-0.15, -0.1) is 0 Å². The summed E-state index contributed by atoms with van der Waals surface area (Å²) in [6, 6.07) is 0.579. The van der Waals surface area contributed by atoms with Crippen LogP contribution in [0, 0.1) is 0 Å². The van der Waals surface area contributed by atoms with E-state index in [9.17, 15) is 0 Å². The molecule has 4 heteroatoms. The third-order valence-corrected chi connectivity index (χ3v) is 3.10. The van der Waals surface area contributed by atoms with Gasteiger partial charge in [-0.05, 0) is 20.0 Å². The van der Waals surface area contributed by atoms with Crippen LogP contribution in [-0.4, -0.2) is 41.4 Å². The molecule has 4 nitrogen and oxygen atoms in total. The first-order valence-electron chi connectivity index (χ1n) is 5.73. The quantitative estimate of drug-likeness (QED) is 0.797. The smallest absolute Gasteiger partial charge is 0.0658 e. The van der Waals surface area contributed by atoms with E-state index < -0.39 is 0 Å². The predicted molar refractivity (Wildman–Crippen MR) is 60.8 cm³/mol. The Hall–Kier alpha value is -0.870. The van der Waals surface area contributed by atoms with Crippen LogP contribution in [0.2, 0.25) is 0 Å². The lowest BCUT2D eigenvalue weighted by Crippen LogP contribution is -2.21. The average molecular weight is 208 g/mol. The van der Waals surface area contributed by atoms with Gasteiger partial charge in [0, 0.05) is 31.4 Å². The molecule has 2 heterocycles. The van der Waals surface area contributed by atoms with Gasteiger partial charge >= 0.3 is 0 Å². The number of hydrogen-bond acceptors (Lipinski definition) is 3. The van der Waals surface area contributed by atoms with Crippen LogP contribution in [0.3, 0.4) is 0 Å². The molecule has 15 heavy (non-hydrogen) atoms. The van der Waals surface area contributed by atoms with Crippen molar-refractivity contribution in [3.8, 4) is 0 Å². The van der Waals surface area contributed by atoms with Crippen LogP contribution in [0.5, 0.6) is 0 Å². The van der Waals surface area contributed by atoms with E-state index in [4.69, 9.17) is 0 Å². The largest absolute Gasteiger partial charge is 0.316 e. The summed E-state index contributed by atoms with van der Waals surface area (Å²) in [6.45, 7) is 6.64. The van der Waals surface area contributed by atoms with E-state index in [1.807, 2.05) is 13.2 Å². The van der Waals surface area contributed by atoms with Gasteiger partial charge in [0.05, 0.1) is 12.2 Å². The van der Waals surface area contributed by atoms with E-state index in [1.165, 1.54) is 18.5 Å². The van der Waals surface area contributed by atoms with Crippen LogP contribution in [0.25, 0.3) is 0 Å². The van der Waals surface area contributed by atoms with Crippen LogP contribution < -0.4 is 5.32 Å². The second kappa shape index (κ2) is 4.77. The monoisotopic (exact) mass is 208 g/mol. The minimum absolute atomic E-state index is 0.579. The summed E-state index contributed by atoms with van der Waals surface area (Å²) in [6.07, 6.45) is 5.36. The molecule has 0 radical (unpaired) electrons. The van der Waals surface area contributed by atoms with Crippen LogP contribution in [0.1, 0.15) is 24.9 Å². The number of nitrogens with zero attached hydrogens (tertiary/aromatic N) is 3. The molecule has 0 bridgehead atoms. The zero-order valence-corrected chi connectivity index (χ0v) is 9.61. The highest BCUT2D eigenvalue weighted by Crippen LogP contribution is 2.20. The molecule has 0 aromatic carbocycles. The molecular weight excluding hydrogens is 188 g/mol. The van der Waals surface area contributed by atoms with E-state index in [0.29, 0.717) is 6.04 Å². The van der Waals surface area contributed by atoms with Crippen LogP contribution >= 0.6 is 0 Å². The summed E-state index contributed by atoms with van der Waals surface area (Å²) >= 11 is 0. The van der Waals surface area contributed by atoms with Gasteiger partial charge in [-0.2, -0.15) is 5.10 Å². The Morgan fingerprint density at radius 2 is 2.47 bits per heavy atom. The molecular formula is C11H20N4. The molecule has 1 aromatic heterocycles. The molecule has 1 aromatic rings. The van der Waals surface area contributed by atoms with E-state index in [0.717, 1.165) is 19.6 Å². The lowest BCUT2D eigenvalue weighted by molar-refractivity contribution is 0.335. The van der Waals surface area contributed by atoms with Crippen molar-refractivity contribution in [1.82, 2.24) is 20.0 Å². The Labute approximate surface area is 91.3 Å². The molecule has 1 saturated heterocycles. The number of likely N-dealkylation sites (tertiary alicyclic amines) is 1. The fourth-order valence-electron chi connectivity index (χ4n) is 2.19. The average Bonchev–Trinajstić information content (AvgIpc) is 2.85. The molecule has 84 valence electrons. The zero-order valence-electron chi connectivity index (χ0n) is 9.61. The first-order chi connectivity index (χ1) is 7.33. The first-order valence-corrected chi connectivity index (χ1v) is 5.73. The van der Waals surface area contributed by atoms with Crippen LogP contribution in [0.15, 0.2) is 12.4 Å². The molecule has 1 N–H and O–H groups in total. The topological polar surface area (TPSA) is 33.1 Å². The fraction of sp³-hybridized carbons (Fsp3) is 0.727. The van der Waals surface area contributed by atoms with Crippen molar-refractivity contribution in [1.29, 1.82) is 0 Å². The Kier molecular flexibility index (Phi) is 3.38. The normalized spacial score (nSPS) is 22.4. The van der Waals surface area contributed by atoms with Gasteiger partial charge in [0.2, 0.25) is 0 Å². The number of aromatic nitrogens is 2. The van der Waals surface area contributed by atoms with Crippen LogP contribution in [0.4, 0.5) is 0 Å². The second-order valence-corrected chi connectivity index (χ2v) is 4.19. The van der Waals surface area contributed by atoms with Crippen molar-refractivity contribution < 1.29 is 0 Å². The van der Waals surface area contributed by atoms with E-state index in [-0.39, 0.29) is 0 Å². The van der Waals surface area contributed by atoms with Gasteiger partial charge in [-0.3, -0.25) is 4.68 Å². The SMILES string of the molecule is CCN1CCC(n2cc(CNC)cn2)C1. The molecule has 1 fully saturated rings. The molecule has 1 aliphatic heterocycles. The first kappa shape index (κ1) is 10.6. The number of rotatable bonds is 4. The summed E-state index contributed by atoms with van der Waals surface area (Å²) in [4.78, 5) is 2.48. The maximum absolute atomic E-state index is 4.44. The minimum atomic E-state index is 0.579. The molecule has 1 atom stereocenters. The number of nitrogens with one attached hydrogen (secondary N) is 1. The molecule has 1 aliphatic rings. The van der Waals surface area contributed by atoms with Crippen molar-refractivity contribution >= 4 is 0 Å². The standard InChI is InChI=1S/C11H20N4/c1-3-14-5-4-11(9-14)15-8-10(6-12-2)7-13-15/h7-8,11-12H,3-6,9H2,1-2H3. The van der Waals surface area contributed by atoms with E-state index in [1.54, 1.807) is 0 Å². The van der Waals surface area contributed by atoms with Crippen LogP contribution in [-0.2, 0) is 6.54 Å². The highest BCUT2D eigenvalue weighted by Gasteiger charge is 2.22. The summed E-state index contributed by atoms with van der Waals surface area (Å²) in [5.41, 5.74) is 1.27. The Balaban J connectivity index is 1.97. The second-order valence-electron chi connectivity index (χ2n) is 4.19. The highest BCUT2D eigenvalue weighted by atomic mass is 15.3. The molecule has 0 spiro atoms. The lowest BCUT2D eigenvalue weighted by atomic mass is 10.3. The molecule has 0 aliphatic carbocycles. The number of likely N-dealkylation sites (N-methyl/N-ethyl adjacent to an activating group) is 1. The van der Waals surface area contributed by atoms with Crippen molar-refractivity contribution in [3.63, 3.8) is 0 Å². The Morgan fingerprint density at radius 1 is 1.60 bits per heavy atom. The number of hydrogen-bond donors (Lipinski definition) is 1. The summed E-state index contributed by atoms with van der Waals surface area (Å²) in [7, 11) is 1.96. The lowest BCUT2D eigenvalue weighted by Gasteiger charge is -2.13. The zero-order chi connectivity index (χ0) is 10.7. The molecule has 0 amide bonds. The minimum Gasteiger partial charge on any atom is -0.316 e. The van der Waals surface area contributed by atoms with Gasteiger partial charge < -0.3 is 10.2 Å². The fourth-order valence-corrected chi connectivity index (χ4v) is 2.19. The Bertz CT molecular complexity index is 307. The van der Waals surface area contributed by atoms with Crippen molar-refractivity contribution in [2.75, 3.05) is 26.7 Å². The van der Waals surface area contributed by atoms with Crippen molar-refractivity contribution in [2.24, 2.45) is 0 Å². The molecule has 0 saturated carbocycles. The Morgan fingerprint density at radius 3 is 3.13 bits per heavy atom. The van der Waals surface area contributed by atoms with Gasteiger partial charge in [-0.25, -0.2) is 0 Å². The maximum Gasteiger partial charge on any atom is 0.0658 e. The van der Waals surface area contributed by atoms with Gasteiger partial charge in [0.25, 0.3) is 0 Å². The summed E-state index contributed by atoms with van der Waals surface area (Å²) < 4.78 is 2.13. The van der Waals surface area contributed by atoms with Gasteiger partial charge in [0.15, 0.2) is 0 Å². The molecule has 2 rings (SSSR count). The highest BCUT2D eigenvalue weighted by molar-refractivity contribution is 5.04. The third kappa shape index (κ3) is 2.38.